The van der Waals surface area contributed by atoms with Crippen molar-refractivity contribution in [2.75, 3.05) is 5.73 Å². The third kappa shape index (κ3) is 4.85. The van der Waals surface area contributed by atoms with Crippen molar-refractivity contribution in [3.63, 3.8) is 0 Å². The first-order valence-electron chi connectivity index (χ1n) is 6.38. The number of carbonyl (C=O) groups excluding carboxylic acids is 1. The second kappa shape index (κ2) is 7.28. The Hall–Kier alpha value is -1.56. The number of benzene rings is 2. The fraction of sp³-hybridized carbons (Fsp3) is 0.188. The molecule has 0 fully saturated rings. The van der Waals surface area contributed by atoms with Crippen molar-refractivity contribution in [3.8, 4) is 0 Å². The highest BCUT2D eigenvalue weighted by atomic mass is 127. The summed E-state index contributed by atoms with van der Waals surface area (Å²) >= 11 is 2.24. The number of aryl methyl sites for hydroxylation is 1. The Morgan fingerprint density at radius 3 is 2.55 bits per heavy atom. The standard InChI is InChI=1S/C16H16INO2/c17-14-7-4-13(5-8-14)11-20-16(19)9-6-12-2-1-3-15(18)10-12/h1-5,7-8,10H,6,9,11,18H2. The molecule has 20 heavy (non-hydrogen) atoms. The fourth-order valence-electron chi connectivity index (χ4n) is 1.81. The van der Waals surface area contributed by atoms with Crippen molar-refractivity contribution in [1.82, 2.24) is 0 Å². The normalized spacial score (nSPS) is 10.2. The summed E-state index contributed by atoms with van der Waals surface area (Å²) in [6, 6.07) is 15.5. The van der Waals surface area contributed by atoms with Crippen LogP contribution in [0.3, 0.4) is 0 Å². The molecule has 0 aliphatic heterocycles. The second-order valence-corrected chi connectivity index (χ2v) is 5.78. The number of ether oxygens (including phenoxy) is 1. The number of nitrogens with two attached hydrogens (primary N) is 1. The molecule has 2 N–H and O–H groups in total. The highest BCUT2D eigenvalue weighted by Crippen LogP contribution is 2.11. The minimum atomic E-state index is -0.189. The summed E-state index contributed by atoms with van der Waals surface area (Å²) in [6.07, 6.45) is 1.02. The molecule has 0 aliphatic carbocycles. The van der Waals surface area contributed by atoms with Gasteiger partial charge in [-0.05, 0) is 64.4 Å². The molecule has 0 saturated heterocycles. The molecule has 0 atom stereocenters. The van der Waals surface area contributed by atoms with Gasteiger partial charge in [-0.2, -0.15) is 0 Å². The number of esters is 1. The number of carbonyl (C=O) groups is 1. The molecule has 3 nitrogen and oxygen atoms in total. The van der Waals surface area contributed by atoms with Crippen LogP contribution < -0.4 is 5.73 Å². The quantitative estimate of drug-likeness (QED) is 0.490. The molecule has 0 aliphatic rings. The van der Waals surface area contributed by atoms with Gasteiger partial charge in [0.15, 0.2) is 0 Å². The Bertz CT molecular complexity index is 581. The van der Waals surface area contributed by atoms with Crippen LogP contribution in [0.4, 0.5) is 5.69 Å². The minimum absolute atomic E-state index is 0.189. The summed E-state index contributed by atoms with van der Waals surface area (Å²) < 4.78 is 6.41. The van der Waals surface area contributed by atoms with Gasteiger partial charge in [0.25, 0.3) is 0 Å². The molecule has 0 bridgehead atoms. The van der Waals surface area contributed by atoms with E-state index in [4.69, 9.17) is 10.5 Å². The summed E-state index contributed by atoms with van der Waals surface area (Å²) in [5.41, 5.74) is 8.47. The largest absolute Gasteiger partial charge is 0.461 e. The Kier molecular flexibility index (Phi) is 5.40. The maximum Gasteiger partial charge on any atom is 0.306 e. The highest BCUT2D eigenvalue weighted by molar-refractivity contribution is 14.1. The van der Waals surface area contributed by atoms with E-state index >= 15 is 0 Å². The SMILES string of the molecule is Nc1cccc(CCC(=O)OCc2ccc(I)cc2)c1. The van der Waals surface area contributed by atoms with Gasteiger partial charge in [-0.3, -0.25) is 4.79 Å². The Morgan fingerprint density at radius 2 is 1.85 bits per heavy atom. The number of anilines is 1. The first-order valence-corrected chi connectivity index (χ1v) is 7.46. The van der Waals surface area contributed by atoms with Crippen LogP contribution in [0.2, 0.25) is 0 Å². The van der Waals surface area contributed by atoms with Crippen molar-refractivity contribution in [2.45, 2.75) is 19.4 Å². The van der Waals surface area contributed by atoms with Gasteiger partial charge in [0.05, 0.1) is 0 Å². The Balaban J connectivity index is 1.77. The average molecular weight is 381 g/mol. The van der Waals surface area contributed by atoms with Crippen LogP contribution in [0.15, 0.2) is 48.5 Å². The van der Waals surface area contributed by atoms with E-state index in [2.05, 4.69) is 22.6 Å². The molecule has 0 radical (unpaired) electrons. The van der Waals surface area contributed by atoms with E-state index in [9.17, 15) is 4.79 Å². The zero-order valence-electron chi connectivity index (χ0n) is 11.0. The highest BCUT2D eigenvalue weighted by Gasteiger charge is 2.04. The fourth-order valence-corrected chi connectivity index (χ4v) is 2.17. The van der Waals surface area contributed by atoms with Crippen LogP contribution in [0.1, 0.15) is 17.5 Å². The summed E-state index contributed by atoms with van der Waals surface area (Å²) in [5.74, 6) is -0.189. The molecular weight excluding hydrogens is 365 g/mol. The topological polar surface area (TPSA) is 52.3 Å². The smallest absolute Gasteiger partial charge is 0.306 e. The zero-order valence-corrected chi connectivity index (χ0v) is 13.2. The molecule has 0 amide bonds. The van der Waals surface area contributed by atoms with E-state index in [0.717, 1.165) is 16.8 Å². The third-order valence-electron chi connectivity index (χ3n) is 2.88. The van der Waals surface area contributed by atoms with E-state index in [0.29, 0.717) is 19.4 Å². The summed E-state index contributed by atoms with van der Waals surface area (Å²) in [7, 11) is 0. The molecule has 2 rings (SSSR count). The van der Waals surface area contributed by atoms with Crippen LogP contribution in [0.5, 0.6) is 0 Å². The predicted molar refractivity (Wildman–Crippen MR) is 88.1 cm³/mol. The molecular formula is C16H16INO2. The number of nitrogen functional groups attached to an aromatic ring is 1. The number of hydrogen-bond acceptors (Lipinski definition) is 3. The van der Waals surface area contributed by atoms with Crippen LogP contribution in [0, 0.1) is 3.57 Å². The Morgan fingerprint density at radius 1 is 1.10 bits per heavy atom. The summed E-state index contributed by atoms with van der Waals surface area (Å²) in [4.78, 5) is 11.7. The molecule has 0 unspecified atom stereocenters. The summed E-state index contributed by atoms with van der Waals surface area (Å²) in [6.45, 7) is 0.326. The lowest BCUT2D eigenvalue weighted by Crippen LogP contribution is -2.06. The van der Waals surface area contributed by atoms with Gasteiger partial charge >= 0.3 is 5.97 Å². The lowest BCUT2D eigenvalue weighted by Gasteiger charge is -2.06. The zero-order chi connectivity index (χ0) is 14.4. The van der Waals surface area contributed by atoms with Crippen LogP contribution in [0.25, 0.3) is 0 Å². The summed E-state index contributed by atoms with van der Waals surface area (Å²) in [5, 5.41) is 0. The van der Waals surface area contributed by atoms with Crippen LogP contribution in [-0.2, 0) is 22.6 Å². The van der Waals surface area contributed by atoms with Crippen LogP contribution >= 0.6 is 22.6 Å². The first-order chi connectivity index (χ1) is 9.63. The van der Waals surface area contributed by atoms with Gasteiger partial charge in [-0.15, -0.1) is 0 Å². The lowest BCUT2D eigenvalue weighted by molar-refractivity contribution is -0.144. The molecule has 0 aromatic heterocycles. The maximum atomic E-state index is 11.7. The number of halogens is 1. The molecule has 0 heterocycles. The number of rotatable bonds is 5. The maximum absolute atomic E-state index is 11.7. The monoisotopic (exact) mass is 381 g/mol. The van der Waals surface area contributed by atoms with Crippen molar-refractivity contribution in [2.24, 2.45) is 0 Å². The molecule has 0 saturated carbocycles. The van der Waals surface area contributed by atoms with Crippen molar-refractivity contribution in [1.29, 1.82) is 0 Å². The van der Waals surface area contributed by atoms with E-state index in [1.165, 1.54) is 3.57 Å². The van der Waals surface area contributed by atoms with E-state index in [-0.39, 0.29) is 5.97 Å². The minimum Gasteiger partial charge on any atom is -0.461 e. The van der Waals surface area contributed by atoms with E-state index in [1.54, 1.807) is 0 Å². The van der Waals surface area contributed by atoms with Crippen molar-refractivity contribution >= 4 is 34.2 Å². The molecule has 2 aromatic carbocycles. The van der Waals surface area contributed by atoms with E-state index < -0.39 is 0 Å². The third-order valence-corrected chi connectivity index (χ3v) is 3.60. The van der Waals surface area contributed by atoms with Gasteiger partial charge in [-0.25, -0.2) is 0 Å². The first kappa shape index (κ1) is 14.8. The van der Waals surface area contributed by atoms with Gasteiger partial charge in [0, 0.05) is 15.7 Å². The molecule has 0 spiro atoms. The van der Waals surface area contributed by atoms with E-state index in [1.807, 2.05) is 48.5 Å². The van der Waals surface area contributed by atoms with Gasteiger partial charge in [-0.1, -0.05) is 24.3 Å². The Labute approximate surface area is 132 Å². The van der Waals surface area contributed by atoms with Crippen molar-refractivity contribution in [3.05, 3.63) is 63.2 Å². The predicted octanol–water partition coefficient (Wildman–Crippen LogP) is 3.55. The second-order valence-electron chi connectivity index (χ2n) is 4.53. The molecule has 4 heteroatoms. The van der Waals surface area contributed by atoms with Crippen molar-refractivity contribution < 1.29 is 9.53 Å². The van der Waals surface area contributed by atoms with Gasteiger partial charge in [0.2, 0.25) is 0 Å². The molecule has 104 valence electrons. The van der Waals surface area contributed by atoms with Gasteiger partial charge in [0.1, 0.15) is 6.61 Å². The number of hydrogen-bond donors (Lipinski definition) is 1. The lowest BCUT2D eigenvalue weighted by atomic mass is 10.1. The average Bonchev–Trinajstić information content (AvgIpc) is 2.45. The van der Waals surface area contributed by atoms with Gasteiger partial charge < -0.3 is 10.5 Å². The van der Waals surface area contributed by atoms with Crippen LogP contribution in [-0.4, -0.2) is 5.97 Å². The molecule has 2 aromatic rings.